The van der Waals surface area contributed by atoms with Crippen molar-refractivity contribution in [3.8, 4) is 0 Å². The van der Waals surface area contributed by atoms with E-state index in [1.165, 1.54) is 11.8 Å². The molecule has 0 unspecified atom stereocenters. The molecule has 0 saturated heterocycles. The molecule has 0 aliphatic rings. The molecule has 2 aromatic carbocycles. The van der Waals surface area contributed by atoms with Gasteiger partial charge in [0, 0.05) is 18.3 Å². The minimum absolute atomic E-state index is 0.101. The quantitative estimate of drug-likeness (QED) is 0.541. The lowest BCUT2D eigenvalue weighted by Gasteiger charge is -2.13. The van der Waals surface area contributed by atoms with E-state index in [2.05, 4.69) is 27.8 Å². The number of nitrogens with one attached hydrogen (secondary N) is 2. The van der Waals surface area contributed by atoms with Gasteiger partial charge in [0.1, 0.15) is 0 Å². The number of thioether (sulfide) groups is 1. The summed E-state index contributed by atoms with van der Waals surface area (Å²) >= 11 is 1.31. The van der Waals surface area contributed by atoms with E-state index in [4.69, 9.17) is 0 Å². The van der Waals surface area contributed by atoms with E-state index in [-0.39, 0.29) is 23.6 Å². The fourth-order valence-corrected chi connectivity index (χ4v) is 3.75. The van der Waals surface area contributed by atoms with Gasteiger partial charge in [-0.3, -0.25) is 9.59 Å². The second-order valence-corrected chi connectivity index (χ2v) is 7.75. The predicted octanol–water partition coefficient (Wildman–Crippen LogP) is 3.60. The molecule has 0 saturated carbocycles. The molecule has 8 heteroatoms. The number of carbonyl (C=O) groups excluding carboxylic acids is 2. The fraction of sp³-hybridized carbons (Fsp3) is 0.273. The van der Waals surface area contributed by atoms with Crippen LogP contribution >= 0.6 is 11.8 Å². The van der Waals surface area contributed by atoms with Crippen molar-refractivity contribution < 1.29 is 9.59 Å². The summed E-state index contributed by atoms with van der Waals surface area (Å²) in [6, 6.07) is 16.5. The van der Waals surface area contributed by atoms with Crippen LogP contribution in [0.2, 0.25) is 0 Å². The summed E-state index contributed by atoms with van der Waals surface area (Å²) in [7, 11) is 1.83. The fourth-order valence-electron chi connectivity index (χ4n) is 3.03. The molecule has 0 aliphatic carbocycles. The standard InChI is InChI=1S/C22H25N5O2S/c1-4-16-10-8-9-13-18(16)24-19(28)14-30-22-26-25-20(27(22)3)15(2)23-21(29)17-11-6-5-7-12-17/h5-13,15H,4,14H2,1-3H3,(H,23,29)(H,24,28)/t15-/m1/s1. The number of carbonyl (C=O) groups is 2. The van der Waals surface area contributed by atoms with Crippen molar-refractivity contribution >= 4 is 29.3 Å². The molecule has 2 amide bonds. The van der Waals surface area contributed by atoms with Gasteiger partial charge in [-0.1, -0.05) is 55.1 Å². The molecule has 0 spiro atoms. The number of nitrogens with zero attached hydrogens (tertiary/aromatic N) is 3. The minimum atomic E-state index is -0.324. The van der Waals surface area contributed by atoms with Crippen molar-refractivity contribution in [3.63, 3.8) is 0 Å². The zero-order valence-electron chi connectivity index (χ0n) is 17.3. The molecule has 0 aliphatic heterocycles. The maximum atomic E-state index is 12.4. The van der Waals surface area contributed by atoms with E-state index < -0.39 is 0 Å². The number of benzene rings is 2. The first-order valence-electron chi connectivity index (χ1n) is 9.75. The average Bonchev–Trinajstić information content (AvgIpc) is 3.13. The topological polar surface area (TPSA) is 88.9 Å². The molecule has 156 valence electrons. The Morgan fingerprint density at radius 1 is 1.07 bits per heavy atom. The third kappa shape index (κ3) is 5.27. The highest BCUT2D eigenvalue weighted by molar-refractivity contribution is 7.99. The molecule has 0 bridgehead atoms. The zero-order chi connectivity index (χ0) is 21.5. The molecule has 1 heterocycles. The van der Waals surface area contributed by atoms with Crippen molar-refractivity contribution in [2.24, 2.45) is 7.05 Å². The Hall–Kier alpha value is -3.13. The van der Waals surface area contributed by atoms with E-state index in [1.807, 2.05) is 56.4 Å². The van der Waals surface area contributed by atoms with Crippen LogP contribution in [0.15, 0.2) is 59.8 Å². The van der Waals surface area contributed by atoms with Crippen molar-refractivity contribution in [1.29, 1.82) is 0 Å². The molecule has 7 nitrogen and oxygen atoms in total. The predicted molar refractivity (Wildman–Crippen MR) is 118 cm³/mol. The largest absolute Gasteiger partial charge is 0.342 e. The van der Waals surface area contributed by atoms with Gasteiger partial charge in [0.25, 0.3) is 5.91 Å². The van der Waals surface area contributed by atoms with Crippen molar-refractivity contribution in [2.75, 3.05) is 11.1 Å². The number of anilines is 1. The Morgan fingerprint density at radius 3 is 2.50 bits per heavy atom. The molecular weight excluding hydrogens is 398 g/mol. The average molecular weight is 424 g/mol. The summed E-state index contributed by atoms with van der Waals surface area (Å²) in [6.07, 6.45) is 0.850. The van der Waals surface area contributed by atoms with E-state index in [1.54, 1.807) is 16.7 Å². The van der Waals surface area contributed by atoms with Crippen LogP contribution in [0.4, 0.5) is 5.69 Å². The van der Waals surface area contributed by atoms with Gasteiger partial charge in [-0.15, -0.1) is 10.2 Å². The molecule has 0 fully saturated rings. The maximum absolute atomic E-state index is 12.4. The van der Waals surface area contributed by atoms with Gasteiger partial charge < -0.3 is 15.2 Å². The normalized spacial score (nSPS) is 11.7. The number of hydrogen-bond donors (Lipinski definition) is 2. The van der Waals surface area contributed by atoms with Crippen molar-refractivity contribution in [1.82, 2.24) is 20.1 Å². The van der Waals surface area contributed by atoms with Crippen molar-refractivity contribution in [2.45, 2.75) is 31.5 Å². The van der Waals surface area contributed by atoms with Crippen LogP contribution in [0.5, 0.6) is 0 Å². The Balaban J connectivity index is 1.58. The summed E-state index contributed by atoms with van der Waals surface area (Å²) < 4.78 is 1.80. The highest BCUT2D eigenvalue weighted by atomic mass is 32.2. The number of hydrogen-bond acceptors (Lipinski definition) is 5. The molecule has 0 radical (unpaired) electrons. The molecule has 2 N–H and O–H groups in total. The first-order valence-corrected chi connectivity index (χ1v) is 10.7. The first-order chi connectivity index (χ1) is 14.5. The molecule has 3 aromatic rings. The highest BCUT2D eigenvalue weighted by Crippen LogP contribution is 2.21. The maximum Gasteiger partial charge on any atom is 0.251 e. The lowest BCUT2D eigenvalue weighted by molar-refractivity contribution is -0.113. The molecular formula is C22H25N5O2S. The van der Waals surface area contributed by atoms with Crippen molar-refractivity contribution in [3.05, 3.63) is 71.5 Å². The second kappa shape index (κ2) is 10.1. The van der Waals surface area contributed by atoms with Crippen LogP contribution < -0.4 is 10.6 Å². The number of amides is 2. The number of rotatable bonds is 8. The Kier molecular flexibility index (Phi) is 7.24. The zero-order valence-corrected chi connectivity index (χ0v) is 18.1. The third-order valence-corrected chi connectivity index (χ3v) is 5.66. The lowest BCUT2D eigenvalue weighted by Crippen LogP contribution is -2.28. The summed E-state index contributed by atoms with van der Waals surface area (Å²) in [6.45, 7) is 3.91. The molecule has 3 rings (SSSR count). The smallest absolute Gasteiger partial charge is 0.251 e. The first kappa shape index (κ1) is 21.6. The van der Waals surface area contributed by atoms with Crippen LogP contribution in [0.3, 0.4) is 0 Å². The van der Waals surface area contributed by atoms with Crippen LogP contribution in [-0.4, -0.2) is 32.3 Å². The highest BCUT2D eigenvalue weighted by Gasteiger charge is 2.19. The van der Waals surface area contributed by atoms with Crippen LogP contribution in [0.25, 0.3) is 0 Å². The van der Waals surface area contributed by atoms with Gasteiger partial charge in [-0.25, -0.2) is 0 Å². The van der Waals surface area contributed by atoms with Gasteiger partial charge in [0.05, 0.1) is 11.8 Å². The van der Waals surface area contributed by atoms with Crippen LogP contribution in [-0.2, 0) is 18.3 Å². The number of para-hydroxylation sites is 1. The van der Waals surface area contributed by atoms with E-state index >= 15 is 0 Å². The van der Waals surface area contributed by atoms with Gasteiger partial charge in [0.15, 0.2) is 11.0 Å². The minimum Gasteiger partial charge on any atom is -0.342 e. The Labute approximate surface area is 180 Å². The van der Waals surface area contributed by atoms with Gasteiger partial charge in [-0.05, 0) is 37.1 Å². The van der Waals surface area contributed by atoms with Crippen LogP contribution in [0.1, 0.15) is 41.6 Å². The molecule has 1 atom stereocenters. The Bertz CT molecular complexity index is 1020. The van der Waals surface area contributed by atoms with E-state index in [0.29, 0.717) is 16.5 Å². The summed E-state index contributed by atoms with van der Waals surface area (Å²) in [5.74, 6) is 0.568. The van der Waals surface area contributed by atoms with E-state index in [0.717, 1.165) is 17.7 Å². The Morgan fingerprint density at radius 2 is 1.77 bits per heavy atom. The number of aryl methyl sites for hydroxylation is 1. The van der Waals surface area contributed by atoms with Gasteiger partial charge in [0.2, 0.25) is 5.91 Å². The van der Waals surface area contributed by atoms with Gasteiger partial charge in [-0.2, -0.15) is 0 Å². The number of aromatic nitrogens is 3. The molecule has 1 aromatic heterocycles. The van der Waals surface area contributed by atoms with Gasteiger partial charge >= 0.3 is 0 Å². The summed E-state index contributed by atoms with van der Waals surface area (Å²) in [4.78, 5) is 24.7. The third-order valence-electron chi connectivity index (χ3n) is 4.64. The SMILES string of the molecule is CCc1ccccc1NC(=O)CSc1nnc([C@@H](C)NC(=O)c2ccccc2)n1C. The van der Waals surface area contributed by atoms with E-state index in [9.17, 15) is 9.59 Å². The monoisotopic (exact) mass is 423 g/mol. The van der Waals surface area contributed by atoms with Crippen LogP contribution in [0, 0.1) is 0 Å². The summed E-state index contributed by atoms with van der Waals surface area (Å²) in [5, 5.41) is 14.9. The second-order valence-electron chi connectivity index (χ2n) is 6.81. The summed E-state index contributed by atoms with van der Waals surface area (Å²) in [5.41, 5.74) is 2.52. The molecule has 30 heavy (non-hydrogen) atoms. The lowest BCUT2D eigenvalue weighted by atomic mass is 10.1.